The fraction of sp³-hybridized carbons (Fsp3) is 0.625. The smallest absolute Gasteiger partial charge is 0.247 e. The largest absolute Gasteiger partial charge is 0.368 e. The van der Waals surface area contributed by atoms with Gasteiger partial charge in [-0.3, -0.25) is 5.43 Å². The van der Waals surface area contributed by atoms with Crippen molar-refractivity contribution >= 4 is 29.2 Å². The molecule has 0 unspecified atom stereocenters. The lowest BCUT2D eigenvalue weighted by Gasteiger charge is -2.24. The molecule has 0 aliphatic carbocycles. The Balaban J connectivity index is 2.19. The number of nitrogens with two attached hydrogens (primary N) is 2. The normalized spacial score (nSPS) is 16.2. The van der Waals surface area contributed by atoms with Gasteiger partial charge in [-0.05, 0) is 31.5 Å². The lowest BCUT2D eigenvalue weighted by molar-refractivity contribution is 0.568. The van der Waals surface area contributed by atoms with E-state index in [1.165, 1.54) is 11.1 Å². The highest BCUT2D eigenvalue weighted by Crippen LogP contribution is 2.16. The Morgan fingerprint density at radius 1 is 1.31 bits per heavy atom. The molecule has 0 atom stereocenters. The van der Waals surface area contributed by atoms with E-state index >= 15 is 0 Å². The van der Waals surface area contributed by atoms with Gasteiger partial charge < -0.3 is 10.6 Å². The first-order chi connectivity index (χ1) is 7.72. The van der Waals surface area contributed by atoms with Crippen LogP contribution < -0.4 is 21.9 Å². The van der Waals surface area contributed by atoms with Crippen LogP contribution in [0.25, 0.3) is 0 Å². The summed E-state index contributed by atoms with van der Waals surface area (Å²) in [5.74, 6) is 6.09. The quantitative estimate of drug-likeness (QED) is 0.344. The summed E-state index contributed by atoms with van der Waals surface area (Å²) in [6.07, 6.45) is 3.58. The number of hydrogen-bond donors (Lipinski definition) is 3. The molecule has 2 heterocycles. The Morgan fingerprint density at radius 2 is 2.00 bits per heavy atom. The molecule has 1 aliphatic rings. The molecule has 2 rings (SSSR count). The highest BCUT2D eigenvalue weighted by atomic mass is 32.1. The number of nitrogens with one attached hydrogen (secondary N) is 1. The van der Waals surface area contributed by atoms with Gasteiger partial charge in [0.2, 0.25) is 17.0 Å². The summed E-state index contributed by atoms with van der Waals surface area (Å²) in [5, 5.41) is 4.47. The van der Waals surface area contributed by atoms with Crippen molar-refractivity contribution in [1.29, 1.82) is 0 Å². The van der Waals surface area contributed by atoms with E-state index in [-0.39, 0.29) is 11.1 Å². The van der Waals surface area contributed by atoms with Crippen molar-refractivity contribution in [1.82, 2.24) is 20.2 Å². The molecule has 0 saturated carbocycles. The van der Waals surface area contributed by atoms with Gasteiger partial charge in [-0.2, -0.15) is 9.67 Å². The van der Waals surface area contributed by atoms with Crippen molar-refractivity contribution in [2.24, 2.45) is 5.84 Å². The van der Waals surface area contributed by atoms with E-state index in [0.717, 1.165) is 25.9 Å². The SMILES string of the molecule is NNC(=S)n1nc(N2CCCCC2)nc1N. The van der Waals surface area contributed by atoms with Gasteiger partial charge in [-0.1, -0.05) is 0 Å². The fourth-order valence-electron chi connectivity index (χ4n) is 1.75. The van der Waals surface area contributed by atoms with Crippen LogP contribution in [0.4, 0.5) is 11.9 Å². The Morgan fingerprint density at radius 3 is 2.62 bits per heavy atom. The van der Waals surface area contributed by atoms with E-state index in [1.807, 2.05) is 0 Å². The zero-order valence-electron chi connectivity index (χ0n) is 8.89. The first-order valence-corrected chi connectivity index (χ1v) is 5.61. The van der Waals surface area contributed by atoms with Crippen LogP contribution in [0, 0.1) is 0 Å². The van der Waals surface area contributed by atoms with Crippen LogP contribution in [0.1, 0.15) is 19.3 Å². The molecule has 7 nitrogen and oxygen atoms in total. The second-order valence-corrected chi connectivity index (χ2v) is 4.07. The lowest BCUT2D eigenvalue weighted by atomic mass is 10.1. The number of rotatable bonds is 1. The van der Waals surface area contributed by atoms with Gasteiger partial charge in [0.05, 0.1) is 0 Å². The van der Waals surface area contributed by atoms with Crippen LogP contribution >= 0.6 is 12.2 Å². The topological polar surface area (TPSA) is 98.0 Å². The number of nitrogen functional groups attached to an aromatic ring is 1. The van der Waals surface area contributed by atoms with Crippen molar-refractivity contribution < 1.29 is 0 Å². The molecular weight excluding hydrogens is 226 g/mol. The maximum atomic E-state index is 5.70. The van der Waals surface area contributed by atoms with Gasteiger partial charge in [0.15, 0.2) is 0 Å². The Labute approximate surface area is 98.8 Å². The molecule has 1 aromatic rings. The second-order valence-electron chi connectivity index (χ2n) is 3.68. The van der Waals surface area contributed by atoms with E-state index in [0.29, 0.717) is 5.95 Å². The molecule has 0 radical (unpaired) electrons. The third kappa shape index (κ3) is 2.07. The molecule has 1 saturated heterocycles. The minimum Gasteiger partial charge on any atom is -0.368 e. The second kappa shape index (κ2) is 4.62. The summed E-state index contributed by atoms with van der Waals surface area (Å²) in [6, 6.07) is 0. The molecule has 0 aromatic carbocycles. The standard InChI is InChI=1S/C8H15N7S/c9-6-11-7(13-15(6)8(16)12-10)14-4-2-1-3-5-14/h1-5,10H2,(H,12,16)(H2,9,11,13). The van der Waals surface area contributed by atoms with Crippen LogP contribution in [0.15, 0.2) is 0 Å². The molecule has 88 valence electrons. The monoisotopic (exact) mass is 241 g/mol. The Hall–Kier alpha value is -1.41. The van der Waals surface area contributed by atoms with Crippen molar-refractivity contribution in [3.8, 4) is 0 Å². The average molecular weight is 241 g/mol. The molecule has 1 aliphatic heterocycles. The zero-order chi connectivity index (χ0) is 11.5. The number of nitrogens with zero attached hydrogens (tertiary/aromatic N) is 4. The predicted octanol–water partition coefficient (Wildman–Crippen LogP) is -0.553. The van der Waals surface area contributed by atoms with E-state index in [1.54, 1.807) is 0 Å². The van der Waals surface area contributed by atoms with Crippen LogP contribution in [-0.4, -0.2) is 33.0 Å². The molecule has 0 bridgehead atoms. The number of hydrazine groups is 1. The zero-order valence-corrected chi connectivity index (χ0v) is 9.70. The third-order valence-corrected chi connectivity index (χ3v) is 2.87. The van der Waals surface area contributed by atoms with E-state index < -0.39 is 0 Å². The fourth-order valence-corrected chi connectivity index (χ4v) is 1.89. The summed E-state index contributed by atoms with van der Waals surface area (Å²) < 4.78 is 1.33. The van der Waals surface area contributed by atoms with Gasteiger partial charge in [-0.25, -0.2) is 5.84 Å². The van der Waals surface area contributed by atoms with E-state index in [2.05, 4.69) is 20.4 Å². The summed E-state index contributed by atoms with van der Waals surface area (Å²) in [6.45, 7) is 1.93. The van der Waals surface area contributed by atoms with Gasteiger partial charge in [0.25, 0.3) is 0 Å². The molecule has 0 amide bonds. The van der Waals surface area contributed by atoms with Crippen molar-refractivity contribution in [3.05, 3.63) is 0 Å². The lowest BCUT2D eigenvalue weighted by Crippen LogP contribution is -2.35. The number of piperidine rings is 1. The minimum absolute atomic E-state index is 0.244. The Bertz CT molecular complexity index is 382. The number of hydrogen-bond acceptors (Lipinski definition) is 6. The number of anilines is 2. The highest BCUT2D eigenvalue weighted by molar-refractivity contribution is 7.80. The molecule has 5 N–H and O–H groups in total. The maximum absolute atomic E-state index is 5.70. The third-order valence-electron chi connectivity index (χ3n) is 2.58. The maximum Gasteiger partial charge on any atom is 0.247 e. The molecule has 1 fully saturated rings. The van der Waals surface area contributed by atoms with Crippen LogP contribution in [-0.2, 0) is 0 Å². The summed E-state index contributed by atoms with van der Waals surface area (Å²) in [4.78, 5) is 6.28. The first-order valence-electron chi connectivity index (χ1n) is 5.21. The average Bonchev–Trinajstić information content (AvgIpc) is 2.71. The molecule has 1 aromatic heterocycles. The van der Waals surface area contributed by atoms with Gasteiger partial charge in [0.1, 0.15) is 0 Å². The molecule has 8 heteroatoms. The van der Waals surface area contributed by atoms with Crippen molar-refractivity contribution in [2.45, 2.75) is 19.3 Å². The molecular formula is C8H15N7S. The summed E-state index contributed by atoms with van der Waals surface area (Å²) in [5.41, 5.74) is 8.04. The van der Waals surface area contributed by atoms with Crippen LogP contribution in [0.3, 0.4) is 0 Å². The first kappa shape index (κ1) is 11.1. The van der Waals surface area contributed by atoms with E-state index in [9.17, 15) is 0 Å². The number of aromatic nitrogens is 3. The van der Waals surface area contributed by atoms with Crippen LogP contribution in [0.5, 0.6) is 0 Å². The van der Waals surface area contributed by atoms with Gasteiger partial charge in [0, 0.05) is 13.1 Å². The Kier molecular flexibility index (Phi) is 3.20. The minimum atomic E-state index is 0.244. The molecule has 0 spiro atoms. The van der Waals surface area contributed by atoms with Gasteiger partial charge in [-0.15, -0.1) is 5.10 Å². The predicted molar refractivity (Wildman–Crippen MR) is 65.8 cm³/mol. The number of thiocarbonyl (C=S) groups is 1. The van der Waals surface area contributed by atoms with Gasteiger partial charge >= 0.3 is 0 Å². The summed E-state index contributed by atoms with van der Waals surface area (Å²) >= 11 is 4.95. The highest BCUT2D eigenvalue weighted by Gasteiger charge is 2.17. The van der Waals surface area contributed by atoms with Crippen molar-refractivity contribution in [2.75, 3.05) is 23.7 Å². The van der Waals surface area contributed by atoms with Crippen molar-refractivity contribution in [3.63, 3.8) is 0 Å². The summed E-state index contributed by atoms with van der Waals surface area (Å²) in [7, 11) is 0. The molecule has 16 heavy (non-hydrogen) atoms. The van der Waals surface area contributed by atoms with Crippen LogP contribution in [0.2, 0.25) is 0 Å². The van der Waals surface area contributed by atoms with E-state index in [4.69, 9.17) is 23.8 Å².